The standard InChI is InChI=1S/C17H20Cl2OS/c1-4-10-7-11(5-2)15(12(6-3)8-10)16(20)13-9-14(18)21-17(13)19/h7-9,16,20H,4-6H2,1-3H3. The smallest absolute Gasteiger partial charge is 0.107 e. The number of aliphatic hydroxyl groups is 1. The van der Waals surface area contributed by atoms with Crippen LogP contribution in [-0.2, 0) is 19.3 Å². The van der Waals surface area contributed by atoms with Crippen molar-refractivity contribution in [3.8, 4) is 0 Å². The lowest BCUT2D eigenvalue weighted by Crippen LogP contribution is -2.08. The Morgan fingerprint density at radius 3 is 1.95 bits per heavy atom. The zero-order valence-electron chi connectivity index (χ0n) is 12.5. The Morgan fingerprint density at radius 1 is 1.00 bits per heavy atom. The Labute approximate surface area is 140 Å². The summed E-state index contributed by atoms with van der Waals surface area (Å²) in [6, 6.07) is 6.16. The number of aliphatic hydroxyl groups excluding tert-OH is 1. The molecule has 0 spiro atoms. The molecular weight excluding hydrogens is 323 g/mol. The van der Waals surface area contributed by atoms with Crippen molar-refractivity contribution in [2.45, 2.75) is 46.1 Å². The fraction of sp³-hybridized carbons (Fsp3) is 0.412. The summed E-state index contributed by atoms with van der Waals surface area (Å²) in [4.78, 5) is 0. The van der Waals surface area contributed by atoms with E-state index in [0.29, 0.717) is 14.2 Å². The molecule has 1 atom stereocenters. The second kappa shape index (κ2) is 7.15. The Hall–Kier alpha value is -0.540. The molecule has 2 rings (SSSR count). The second-order valence-electron chi connectivity index (χ2n) is 5.07. The number of rotatable bonds is 5. The number of aryl methyl sites for hydroxylation is 3. The molecule has 1 aromatic heterocycles. The third-order valence-corrected chi connectivity index (χ3v) is 5.35. The first-order valence-electron chi connectivity index (χ1n) is 7.29. The molecule has 0 fully saturated rings. The van der Waals surface area contributed by atoms with E-state index in [4.69, 9.17) is 23.2 Å². The van der Waals surface area contributed by atoms with Gasteiger partial charge in [0.05, 0.1) is 4.34 Å². The summed E-state index contributed by atoms with van der Waals surface area (Å²) in [7, 11) is 0. The first kappa shape index (κ1) is 16.8. The van der Waals surface area contributed by atoms with Crippen molar-refractivity contribution in [2.24, 2.45) is 0 Å². The minimum atomic E-state index is -0.711. The highest BCUT2D eigenvalue weighted by molar-refractivity contribution is 7.20. The van der Waals surface area contributed by atoms with Crippen molar-refractivity contribution in [3.05, 3.63) is 54.7 Å². The highest BCUT2D eigenvalue weighted by atomic mass is 35.5. The van der Waals surface area contributed by atoms with Crippen LogP contribution < -0.4 is 0 Å². The van der Waals surface area contributed by atoms with Gasteiger partial charge in [-0.2, -0.15) is 0 Å². The topological polar surface area (TPSA) is 20.2 Å². The zero-order valence-corrected chi connectivity index (χ0v) is 14.9. The fourth-order valence-corrected chi connectivity index (χ4v) is 4.21. The van der Waals surface area contributed by atoms with E-state index in [-0.39, 0.29) is 0 Å². The summed E-state index contributed by atoms with van der Waals surface area (Å²) in [5, 5.41) is 10.8. The maximum atomic E-state index is 10.8. The van der Waals surface area contributed by atoms with Gasteiger partial charge in [-0.05, 0) is 47.6 Å². The van der Waals surface area contributed by atoms with Crippen molar-refractivity contribution < 1.29 is 5.11 Å². The molecule has 2 aromatic rings. The summed E-state index contributed by atoms with van der Waals surface area (Å²) < 4.78 is 1.17. The van der Waals surface area contributed by atoms with Gasteiger partial charge < -0.3 is 5.11 Å². The average Bonchev–Trinajstić information content (AvgIpc) is 2.83. The lowest BCUT2D eigenvalue weighted by Gasteiger charge is -2.20. The molecule has 1 heterocycles. The van der Waals surface area contributed by atoms with E-state index in [2.05, 4.69) is 32.9 Å². The van der Waals surface area contributed by atoms with E-state index in [1.807, 2.05) is 0 Å². The lowest BCUT2D eigenvalue weighted by molar-refractivity contribution is 0.218. The predicted molar refractivity (Wildman–Crippen MR) is 93.0 cm³/mol. The molecule has 1 unspecified atom stereocenters. The molecular formula is C17H20Cl2OS. The van der Waals surface area contributed by atoms with Crippen LogP contribution >= 0.6 is 34.5 Å². The van der Waals surface area contributed by atoms with Crippen LogP contribution in [0.5, 0.6) is 0 Å². The monoisotopic (exact) mass is 342 g/mol. The molecule has 114 valence electrons. The van der Waals surface area contributed by atoms with Crippen LogP contribution in [0.15, 0.2) is 18.2 Å². The van der Waals surface area contributed by atoms with Crippen molar-refractivity contribution in [1.82, 2.24) is 0 Å². The highest BCUT2D eigenvalue weighted by Gasteiger charge is 2.22. The predicted octanol–water partition coefficient (Wildman–Crippen LogP) is 5.82. The van der Waals surface area contributed by atoms with Crippen molar-refractivity contribution in [3.63, 3.8) is 0 Å². The fourth-order valence-electron chi connectivity index (χ4n) is 2.69. The normalized spacial score (nSPS) is 12.7. The second-order valence-corrected chi connectivity index (χ2v) is 7.36. The van der Waals surface area contributed by atoms with Gasteiger partial charge in [0.25, 0.3) is 0 Å². The van der Waals surface area contributed by atoms with Crippen LogP contribution in [0, 0.1) is 0 Å². The van der Waals surface area contributed by atoms with Crippen LogP contribution in [0.4, 0.5) is 0 Å². The molecule has 0 amide bonds. The molecule has 4 heteroatoms. The van der Waals surface area contributed by atoms with Crippen LogP contribution in [-0.4, -0.2) is 5.11 Å². The molecule has 21 heavy (non-hydrogen) atoms. The molecule has 0 aliphatic rings. The minimum Gasteiger partial charge on any atom is -0.384 e. The number of benzene rings is 1. The van der Waals surface area contributed by atoms with Crippen molar-refractivity contribution >= 4 is 34.5 Å². The van der Waals surface area contributed by atoms with Crippen LogP contribution in [0.25, 0.3) is 0 Å². The summed E-state index contributed by atoms with van der Waals surface area (Å²) in [5.74, 6) is 0. The molecule has 0 saturated carbocycles. The Balaban J connectivity index is 2.58. The van der Waals surface area contributed by atoms with Gasteiger partial charge in [-0.3, -0.25) is 0 Å². The minimum absolute atomic E-state index is 0.566. The first-order valence-corrected chi connectivity index (χ1v) is 8.86. The molecule has 1 aromatic carbocycles. The van der Waals surface area contributed by atoms with Gasteiger partial charge in [0.2, 0.25) is 0 Å². The van der Waals surface area contributed by atoms with E-state index >= 15 is 0 Å². The molecule has 0 bridgehead atoms. The lowest BCUT2D eigenvalue weighted by atomic mass is 9.88. The van der Waals surface area contributed by atoms with E-state index in [9.17, 15) is 5.11 Å². The molecule has 1 nitrogen and oxygen atoms in total. The van der Waals surface area contributed by atoms with Gasteiger partial charge in [-0.25, -0.2) is 0 Å². The Bertz CT molecular complexity index is 609. The van der Waals surface area contributed by atoms with Gasteiger partial charge in [0.15, 0.2) is 0 Å². The van der Waals surface area contributed by atoms with Gasteiger partial charge in [-0.1, -0.05) is 56.1 Å². The quantitative estimate of drug-likeness (QED) is 0.725. The number of halogens is 2. The van der Waals surface area contributed by atoms with Crippen LogP contribution in [0.2, 0.25) is 8.67 Å². The van der Waals surface area contributed by atoms with E-state index < -0.39 is 6.10 Å². The Morgan fingerprint density at radius 2 is 1.57 bits per heavy atom. The average molecular weight is 343 g/mol. The van der Waals surface area contributed by atoms with Crippen molar-refractivity contribution in [1.29, 1.82) is 0 Å². The molecule has 0 radical (unpaired) electrons. The van der Waals surface area contributed by atoms with Gasteiger partial charge in [-0.15, -0.1) is 11.3 Å². The van der Waals surface area contributed by atoms with Gasteiger partial charge in [0.1, 0.15) is 10.4 Å². The van der Waals surface area contributed by atoms with Crippen molar-refractivity contribution in [2.75, 3.05) is 0 Å². The summed E-state index contributed by atoms with van der Waals surface area (Å²) in [6.45, 7) is 6.39. The van der Waals surface area contributed by atoms with E-state index in [1.165, 1.54) is 28.0 Å². The molecule has 0 aliphatic carbocycles. The molecule has 0 saturated heterocycles. The SMILES string of the molecule is CCc1cc(CC)c(C(O)c2cc(Cl)sc2Cl)c(CC)c1. The number of hydrogen-bond acceptors (Lipinski definition) is 2. The summed E-state index contributed by atoms with van der Waals surface area (Å²) in [6.07, 6.45) is 2.07. The van der Waals surface area contributed by atoms with E-state index in [0.717, 1.165) is 24.8 Å². The van der Waals surface area contributed by atoms with Crippen LogP contribution in [0.1, 0.15) is 54.7 Å². The summed E-state index contributed by atoms with van der Waals surface area (Å²) in [5.41, 5.74) is 5.40. The highest BCUT2D eigenvalue weighted by Crippen LogP contribution is 2.39. The maximum absolute atomic E-state index is 10.8. The Kier molecular flexibility index (Phi) is 5.73. The van der Waals surface area contributed by atoms with Gasteiger partial charge >= 0.3 is 0 Å². The third-order valence-electron chi connectivity index (χ3n) is 3.83. The first-order chi connectivity index (χ1) is 10.0. The number of hydrogen-bond donors (Lipinski definition) is 1. The van der Waals surface area contributed by atoms with E-state index in [1.54, 1.807) is 6.07 Å². The molecule has 1 N–H and O–H groups in total. The van der Waals surface area contributed by atoms with Gasteiger partial charge in [0, 0.05) is 5.56 Å². The largest absolute Gasteiger partial charge is 0.384 e. The number of thiophene rings is 1. The van der Waals surface area contributed by atoms with Crippen LogP contribution in [0.3, 0.4) is 0 Å². The summed E-state index contributed by atoms with van der Waals surface area (Å²) >= 11 is 13.5. The third kappa shape index (κ3) is 3.45. The molecule has 0 aliphatic heterocycles. The maximum Gasteiger partial charge on any atom is 0.107 e. The zero-order chi connectivity index (χ0) is 15.6.